The Kier molecular flexibility index (Phi) is 6.09. The Hall–Kier alpha value is -1.51. The fraction of sp³-hybridized carbons (Fsp3) is 0.357. The van der Waals surface area contributed by atoms with Gasteiger partial charge in [-0.1, -0.05) is 11.6 Å². The molecular formula is C14H14ClF3N2O2S. The molecule has 1 aromatic carbocycles. The molecule has 0 radical (unpaired) electrons. The van der Waals surface area contributed by atoms with Crippen molar-refractivity contribution in [2.24, 2.45) is 0 Å². The van der Waals surface area contributed by atoms with Crippen LogP contribution in [0.3, 0.4) is 0 Å². The maximum Gasteiger partial charge on any atom is 0.416 e. The zero-order chi connectivity index (χ0) is 16.9. The van der Waals surface area contributed by atoms with Gasteiger partial charge < -0.3 is 14.8 Å². The molecule has 1 heterocycles. The first-order valence-electron chi connectivity index (χ1n) is 6.56. The van der Waals surface area contributed by atoms with Crippen molar-refractivity contribution in [2.75, 3.05) is 25.6 Å². The van der Waals surface area contributed by atoms with Crippen molar-refractivity contribution in [1.29, 1.82) is 0 Å². The summed E-state index contributed by atoms with van der Waals surface area (Å²) in [5, 5.41) is 2.92. The number of benzene rings is 1. The van der Waals surface area contributed by atoms with E-state index in [4.69, 9.17) is 21.1 Å². The predicted octanol–water partition coefficient (Wildman–Crippen LogP) is 4.45. The summed E-state index contributed by atoms with van der Waals surface area (Å²) in [5.41, 5.74) is -0.478. The fourth-order valence-corrected chi connectivity index (χ4v) is 2.66. The summed E-state index contributed by atoms with van der Waals surface area (Å²) in [4.78, 5) is 4.69. The van der Waals surface area contributed by atoms with Crippen molar-refractivity contribution in [1.82, 2.24) is 4.98 Å². The van der Waals surface area contributed by atoms with Crippen LogP contribution in [0.15, 0.2) is 24.4 Å². The first-order chi connectivity index (χ1) is 10.9. The van der Waals surface area contributed by atoms with E-state index in [1.165, 1.54) is 24.5 Å². The lowest BCUT2D eigenvalue weighted by Gasteiger charge is -2.14. The van der Waals surface area contributed by atoms with E-state index < -0.39 is 11.7 Å². The van der Waals surface area contributed by atoms with Crippen LogP contribution in [0, 0.1) is 0 Å². The summed E-state index contributed by atoms with van der Waals surface area (Å²) in [6, 6.07) is 3.50. The van der Waals surface area contributed by atoms with Crippen LogP contribution in [0.5, 0.6) is 5.75 Å². The van der Waals surface area contributed by atoms with Crippen LogP contribution in [-0.2, 0) is 17.5 Å². The van der Waals surface area contributed by atoms with Crippen LogP contribution < -0.4 is 10.1 Å². The molecule has 23 heavy (non-hydrogen) atoms. The highest BCUT2D eigenvalue weighted by molar-refractivity contribution is 7.15. The highest BCUT2D eigenvalue weighted by Gasteiger charge is 2.31. The van der Waals surface area contributed by atoms with Crippen LogP contribution in [0.1, 0.15) is 10.4 Å². The van der Waals surface area contributed by atoms with Gasteiger partial charge in [0.15, 0.2) is 4.47 Å². The summed E-state index contributed by atoms with van der Waals surface area (Å²) in [5.74, 6) is 0.127. The minimum atomic E-state index is -4.45. The quantitative estimate of drug-likeness (QED) is 0.735. The molecule has 0 saturated carbocycles. The number of ether oxygens (including phenoxy) is 2. The number of aromatic nitrogens is 1. The summed E-state index contributed by atoms with van der Waals surface area (Å²) in [6.45, 7) is 0.781. The van der Waals surface area contributed by atoms with Gasteiger partial charge in [-0.2, -0.15) is 13.2 Å². The number of nitrogens with zero attached hydrogens (tertiary/aromatic N) is 1. The molecule has 0 aliphatic heterocycles. The van der Waals surface area contributed by atoms with E-state index in [-0.39, 0.29) is 12.4 Å². The summed E-state index contributed by atoms with van der Waals surface area (Å²) in [6.07, 6.45) is -2.88. The fourth-order valence-electron chi connectivity index (χ4n) is 1.75. The van der Waals surface area contributed by atoms with Gasteiger partial charge in [-0.05, 0) is 12.1 Å². The minimum absolute atomic E-state index is 0.127. The first kappa shape index (κ1) is 17.8. The maximum absolute atomic E-state index is 13.0. The molecule has 0 aliphatic rings. The number of hydrogen-bond donors (Lipinski definition) is 1. The predicted molar refractivity (Wildman–Crippen MR) is 83.3 cm³/mol. The van der Waals surface area contributed by atoms with Crippen molar-refractivity contribution in [3.8, 4) is 5.75 Å². The normalized spacial score (nSPS) is 11.5. The standard InChI is InChI=1S/C14H14ClF3N2O2S/c1-21-2-3-22-11-5-9(14(16,17)18)4-10(6-11)19-7-12-8-20-13(15)23-12/h4-6,8,19H,2-3,7H2,1H3. The molecule has 0 bridgehead atoms. The lowest BCUT2D eigenvalue weighted by atomic mass is 10.1. The van der Waals surface area contributed by atoms with Crippen LogP contribution in [0.2, 0.25) is 4.47 Å². The molecule has 4 nitrogen and oxygen atoms in total. The monoisotopic (exact) mass is 366 g/mol. The topological polar surface area (TPSA) is 43.4 Å². The van der Waals surface area contributed by atoms with E-state index >= 15 is 0 Å². The number of rotatable bonds is 7. The SMILES string of the molecule is COCCOc1cc(NCc2cnc(Cl)s2)cc(C(F)(F)F)c1. The lowest BCUT2D eigenvalue weighted by Crippen LogP contribution is -2.09. The first-order valence-corrected chi connectivity index (χ1v) is 7.76. The molecule has 2 rings (SSSR count). The Labute approximate surface area is 140 Å². The Morgan fingerprint density at radius 2 is 2.04 bits per heavy atom. The average Bonchev–Trinajstić information content (AvgIpc) is 2.90. The molecule has 0 aliphatic carbocycles. The van der Waals surface area contributed by atoms with E-state index in [0.717, 1.165) is 17.0 Å². The van der Waals surface area contributed by atoms with Gasteiger partial charge in [0.1, 0.15) is 12.4 Å². The third-order valence-electron chi connectivity index (χ3n) is 2.78. The Balaban J connectivity index is 2.14. The smallest absolute Gasteiger partial charge is 0.416 e. The molecular weight excluding hydrogens is 353 g/mol. The number of methoxy groups -OCH3 is 1. The molecule has 0 amide bonds. The maximum atomic E-state index is 13.0. The third kappa shape index (κ3) is 5.56. The highest BCUT2D eigenvalue weighted by Crippen LogP contribution is 2.34. The number of nitrogens with one attached hydrogen (secondary N) is 1. The second-order valence-corrected chi connectivity index (χ2v) is 6.22. The van der Waals surface area contributed by atoms with Gasteiger partial charge in [0, 0.05) is 29.9 Å². The molecule has 0 atom stereocenters. The molecule has 0 spiro atoms. The molecule has 9 heteroatoms. The van der Waals surface area contributed by atoms with Gasteiger partial charge in [-0.25, -0.2) is 4.98 Å². The average molecular weight is 367 g/mol. The Morgan fingerprint density at radius 3 is 2.65 bits per heavy atom. The van der Waals surface area contributed by atoms with Gasteiger partial charge >= 0.3 is 6.18 Å². The Morgan fingerprint density at radius 1 is 1.26 bits per heavy atom. The molecule has 126 valence electrons. The number of alkyl halides is 3. The molecule has 0 fully saturated rings. The molecule has 0 unspecified atom stereocenters. The third-order valence-corrected chi connectivity index (χ3v) is 3.90. The highest BCUT2D eigenvalue weighted by atomic mass is 35.5. The summed E-state index contributed by atoms with van der Waals surface area (Å²) < 4.78 is 49.4. The summed E-state index contributed by atoms with van der Waals surface area (Å²) in [7, 11) is 1.49. The van der Waals surface area contributed by atoms with Gasteiger partial charge in [0.05, 0.1) is 18.7 Å². The molecule has 0 saturated heterocycles. The lowest BCUT2D eigenvalue weighted by molar-refractivity contribution is -0.137. The summed E-state index contributed by atoms with van der Waals surface area (Å²) >= 11 is 6.98. The second-order valence-electron chi connectivity index (χ2n) is 4.52. The van der Waals surface area contributed by atoms with Crippen LogP contribution >= 0.6 is 22.9 Å². The van der Waals surface area contributed by atoms with Gasteiger partial charge in [0.2, 0.25) is 0 Å². The van der Waals surface area contributed by atoms with E-state index in [0.29, 0.717) is 23.3 Å². The molecule has 2 aromatic rings. The minimum Gasteiger partial charge on any atom is -0.491 e. The van der Waals surface area contributed by atoms with Crippen molar-refractivity contribution in [3.63, 3.8) is 0 Å². The molecule has 1 N–H and O–H groups in total. The van der Waals surface area contributed by atoms with E-state index in [1.807, 2.05) is 0 Å². The van der Waals surface area contributed by atoms with E-state index in [2.05, 4.69) is 10.3 Å². The number of thiazole rings is 1. The van der Waals surface area contributed by atoms with E-state index in [1.54, 1.807) is 6.20 Å². The van der Waals surface area contributed by atoms with Crippen molar-refractivity contribution in [3.05, 3.63) is 39.3 Å². The second kappa shape index (κ2) is 7.85. The zero-order valence-corrected chi connectivity index (χ0v) is 13.7. The van der Waals surface area contributed by atoms with Crippen LogP contribution in [0.25, 0.3) is 0 Å². The van der Waals surface area contributed by atoms with Crippen molar-refractivity contribution in [2.45, 2.75) is 12.7 Å². The van der Waals surface area contributed by atoms with Crippen LogP contribution in [-0.4, -0.2) is 25.3 Å². The number of halogens is 4. The number of hydrogen-bond acceptors (Lipinski definition) is 5. The zero-order valence-electron chi connectivity index (χ0n) is 12.1. The van der Waals surface area contributed by atoms with Crippen molar-refractivity contribution < 1.29 is 22.6 Å². The Bertz CT molecular complexity index is 649. The van der Waals surface area contributed by atoms with Gasteiger partial charge in [-0.15, -0.1) is 11.3 Å². The van der Waals surface area contributed by atoms with Crippen LogP contribution in [0.4, 0.5) is 18.9 Å². The van der Waals surface area contributed by atoms with Gasteiger partial charge in [-0.3, -0.25) is 0 Å². The molecule has 1 aromatic heterocycles. The van der Waals surface area contributed by atoms with Crippen molar-refractivity contribution >= 4 is 28.6 Å². The largest absolute Gasteiger partial charge is 0.491 e. The van der Waals surface area contributed by atoms with Gasteiger partial charge in [0.25, 0.3) is 0 Å². The number of anilines is 1. The van der Waals surface area contributed by atoms with E-state index in [9.17, 15) is 13.2 Å².